The Morgan fingerprint density at radius 2 is 0.605 bits per heavy atom. The molecule has 0 saturated carbocycles. The van der Waals surface area contributed by atoms with Crippen molar-refractivity contribution in [2.45, 2.75) is 47.6 Å². The van der Waals surface area contributed by atoms with Crippen LogP contribution in [0.1, 0.15) is 10.4 Å². The molecule has 0 aromatic heterocycles. The summed E-state index contributed by atoms with van der Waals surface area (Å²) in [5.41, 5.74) is -3.80. The van der Waals surface area contributed by atoms with Crippen LogP contribution in [0.15, 0.2) is 0 Å². The van der Waals surface area contributed by atoms with Gasteiger partial charge in [0.05, 0.1) is 0 Å². The van der Waals surface area contributed by atoms with E-state index in [1.807, 2.05) is 0 Å². The molecular weight excluding hydrogens is 614 g/mol. The lowest BCUT2D eigenvalue weighted by Gasteiger charge is -2.42. The number of benzene rings is 1. The standard InChI is InChI=1S/C15F22O/c16-2-1(3(17)5(19)6(20)4(2)18)7(38)8(21,22)9(23,24)10(25,26)11(27,28)12(29,30)13(31,32)14(33,34)15(35,36)37. The Hall–Kier alpha value is -2.65. The third-order valence-electron chi connectivity index (χ3n) is 4.44. The third kappa shape index (κ3) is 3.92. The molecule has 23 heteroatoms. The molecule has 1 aromatic carbocycles. The van der Waals surface area contributed by atoms with Crippen molar-refractivity contribution < 1.29 is 101 Å². The smallest absolute Gasteiger partial charge is 0.287 e. The van der Waals surface area contributed by atoms with Gasteiger partial charge in [0.15, 0.2) is 23.3 Å². The van der Waals surface area contributed by atoms with Gasteiger partial charge in [0.2, 0.25) is 11.6 Å². The summed E-state index contributed by atoms with van der Waals surface area (Å²) in [4.78, 5) is 11.3. The van der Waals surface area contributed by atoms with Gasteiger partial charge in [0, 0.05) is 0 Å². The van der Waals surface area contributed by atoms with Gasteiger partial charge in [0.25, 0.3) is 0 Å². The molecule has 0 aliphatic carbocycles. The fourth-order valence-corrected chi connectivity index (χ4v) is 2.27. The van der Waals surface area contributed by atoms with Gasteiger partial charge in [-0.15, -0.1) is 0 Å². The van der Waals surface area contributed by atoms with E-state index in [0.717, 1.165) is 0 Å². The minimum absolute atomic E-state index is 3.32. The average molecular weight is 614 g/mol. The minimum atomic E-state index is -9.12. The molecule has 0 saturated heterocycles. The van der Waals surface area contributed by atoms with Gasteiger partial charge in [-0.05, 0) is 0 Å². The number of alkyl halides is 17. The maximum absolute atomic E-state index is 13.8. The number of hydrogen-bond acceptors (Lipinski definition) is 1. The molecule has 0 bridgehead atoms. The Labute approximate surface area is 191 Å². The van der Waals surface area contributed by atoms with E-state index in [-0.39, 0.29) is 0 Å². The first kappa shape index (κ1) is 33.4. The van der Waals surface area contributed by atoms with E-state index in [4.69, 9.17) is 0 Å². The molecule has 0 amide bonds. The van der Waals surface area contributed by atoms with Crippen LogP contribution in [0, 0.1) is 29.1 Å². The van der Waals surface area contributed by atoms with Crippen LogP contribution in [0.5, 0.6) is 0 Å². The average Bonchev–Trinajstić information content (AvgIpc) is 2.74. The van der Waals surface area contributed by atoms with E-state index in [1.54, 1.807) is 0 Å². The Bertz CT molecular complexity index is 1080. The molecule has 0 atom stereocenters. The van der Waals surface area contributed by atoms with E-state index < -0.39 is 88.1 Å². The van der Waals surface area contributed by atoms with Gasteiger partial charge in [-0.2, -0.15) is 74.6 Å². The van der Waals surface area contributed by atoms with Gasteiger partial charge < -0.3 is 0 Å². The molecule has 1 aromatic rings. The lowest BCUT2D eigenvalue weighted by Crippen LogP contribution is -2.75. The van der Waals surface area contributed by atoms with Crippen LogP contribution in [0.25, 0.3) is 0 Å². The zero-order valence-corrected chi connectivity index (χ0v) is 16.2. The van der Waals surface area contributed by atoms with Crippen molar-refractivity contribution in [2.75, 3.05) is 0 Å². The molecule has 0 N–H and O–H groups in total. The van der Waals surface area contributed by atoms with Gasteiger partial charge in [-0.3, -0.25) is 4.79 Å². The highest BCUT2D eigenvalue weighted by atomic mass is 19.4. The summed E-state index contributed by atoms with van der Waals surface area (Å²) < 4.78 is 289. The molecule has 0 heterocycles. The van der Waals surface area contributed by atoms with Crippen LogP contribution in [-0.2, 0) is 0 Å². The Morgan fingerprint density at radius 3 is 0.895 bits per heavy atom. The molecule has 0 spiro atoms. The Kier molecular flexibility index (Phi) is 7.62. The lowest BCUT2D eigenvalue weighted by molar-refractivity contribution is -0.459. The first-order valence-electron chi connectivity index (χ1n) is 8.11. The fourth-order valence-electron chi connectivity index (χ4n) is 2.27. The largest absolute Gasteiger partial charge is 0.460 e. The van der Waals surface area contributed by atoms with Crippen molar-refractivity contribution >= 4 is 5.78 Å². The van der Waals surface area contributed by atoms with Gasteiger partial charge in [-0.25, -0.2) is 22.0 Å². The molecular formula is C15F22O. The molecule has 0 fully saturated rings. The van der Waals surface area contributed by atoms with E-state index in [2.05, 4.69) is 0 Å². The van der Waals surface area contributed by atoms with Crippen molar-refractivity contribution in [3.05, 3.63) is 34.6 Å². The molecule has 1 rings (SSSR count). The highest BCUT2D eigenvalue weighted by Gasteiger charge is 2.95. The van der Waals surface area contributed by atoms with Crippen molar-refractivity contribution in [2.24, 2.45) is 0 Å². The monoisotopic (exact) mass is 614 g/mol. The van der Waals surface area contributed by atoms with Crippen LogP contribution in [0.4, 0.5) is 96.6 Å². The van der Waals surface area contributed by atoms with E-state index >= 15 is 0 Å². The lowest BCUT2D eigenvalue weighted by atomic mass is 9.87. The van der Waals surface area contributed by atoms with Gasteiger partial charge in [-0.1, -0.05) is 0 Å². The molecule has 0 radical (unpaired) electrons. The molecule has 0 aliphatic rings. The second-order valence-electron chi connectivity index (χ2n) is 6.79. The molecule has 38 heavy (non-hydrogen) atoms. The number of hydrogen-bond donors (Lipinski definition) is 0. The number of carbonyl (C=O) groups excluding carboxylic acids is 1. The topological polar surface area (TPSA) is 17.1 Å². The quantitative estimate of drug-likeness (QED) is 0.128. The maximum atomic E-state index is 13.8. The predicted octanol–water partition coefficient (Wildman–Crippen LogP) is 7.57. The summed E-state index contributed by atoms with van der Waals surface area (Å²) in [5.74, 6) is -84.0. The summed E-state index contributed by atoms with van der Waals surface area (Å²) in [5, 5.41) is 0. The van der Waals surface area contributed by atoms with Crippen molar-refractivity contribution in [3.8, 4) is 0 Å². The number of ketones is 1. The summed E-state index contributed by atoms with van der Waals surface area (Å²) in [6, 6.07) is 0. The third-order valence-corrected chi connectivity index (χ3v) is 4.44. The zero-order chi connectivity index (χ0) is 31.0. The van der Waals surface area contributed by atoms with Crippen LogP contribution >= 0.6 is 0 Å². The number of rotatable bonds is 8. The molecule has 0 unspecified atom stereocenters. The predicted molar refractivity (Wildman–Crippen MR) is 71.2 cm³/mol. The van der Waals surface area contributed by atoms with E-state index in [0.29, 0.717) is 0 Å². The summed E-state index contributed by atoms with van der Waals surface area (Å²) >= 11 is 0. The van der Waals surface area contributed by atoms with Gasteiger partial charge >= 0.3 is 47.6 Å². The molecule has 220 valence electrons. The van der Waals surface area contributed by atoms with Crippen LogP contribution in [0.2, 0.25) is 0 Å². The zero-order valence-electron chi connectivity index (χ0n) is 16.2. The summed E-state index contributed by atoms with van der Waals surface area (Å²) in [7, 11) is 0. The number of carbonyl (C=O) groups is 1. The normalized spacial score (nSPS) is 15.2. The first-order chi connectivity index (χ1) is 16.3. The van der Waals surface area contributed by atoms with E-state index in [9.17, 15) is 101 Å². The van der Waals surface area contributed by atoms with Crippen molar-refractivity contribution in [1.82, 2.24) is 0 Å². The number of halogens is 22. The second kappa shape index (κ2) is 8.68. The molecule has 1 nitrogen and oxygen atoms in total. The fraction of sp³-hybridized carbons (Fsp3) is 0.533. The van der Waals surface area contributed by atoms with Crippen LogP contribution in [-0.4, -0.2) is 53.4 Å². The summed E-state index contributed by atoms with van der Waals surface area (Å²) in [6.07, 6.45) is -8.01. The van der Waals surface area contributed by atoms with Crippen LogP contribution in [0.3, 0.4) is 0 Å². The summed E-state index contributed by atoms with van der Waals surface area (Å²) in [6.45, 7) is 0. The number of Topliss-reactive ketones (excluding diaryl/α,β-unsaturated/α-hetero) is 1. The van der Waals surface area contributed by atoms with Crippen LogP contribution < -0.4 is 0 Å². The SMILES string of the molecule is O=C(c1c(F)c(F)c(F)c(F)c1F)C(F)(F)C(F)(F)C(F)(F)C(F)(F)C(F)(F)C(F)(F)C(F)(F)C(F)(F)F. The molecule has 0 aliphatic heterocycles. The van der Waals surface area contributed by atoms with E-state index in [1.165, 1.54) is 0 Å². The minimum Gasteiger partial charge on any atom is -0.287 e. The Morgan fingerprint density at radius 1 is 0.368 bits per heavy atom. The van der Waals surface area contributed by atoms with Crippen molar-refractivity contribution in [1.29, 1.82) is 0 Å². The highest BCUT2D eigenvalue weighted by molar-refractivity contribution is 6.02. The van der Waals surface area contributed by atoms with Gasteiger partial charge in [0.1, 0.15) is 5.56 Å². The van der Waals surface area contributed by atoms with Crippen molar-refractivity contribution in [3.63, 3.8) is 0 Å². The Balaban J connectivity index is 3.88. The highest BCUT2D eigenvalue weighted by Crippen LogP contribution is 2.64. The maximum Gasteiger partial charge on any atom is 0.460 e. The second-order valence-corrected chi connectivity index (χ2v) is 6.79. The first-order valence-corrected chi connectivity index (χ1v) is 8.11.